The second-order valence-electron chi connectivity index (χ2n) is 4.64. The summed E-state index contributed by atoms with van der Waals surface area (Å²) in [5.74, 6) is 0.0517. The number of hydrogen-bond acceptors (Lipinski definition) is 3. The highest BCUT2D eigenvalue weighted by atomic mass is 79.9. The van der Waals surface area contributed by atoms with Gasteiger partial charge in [-0.1, -0.05) is 0 Å². The fraction of sp³-hybridized carbons (Fsp3) is 0.385. The molecule has 108 valence electrons. The van der Waals surface area contributed by atoms with Crippen molar-refractivity contribution in [3.63, 3.8) is 0 Å². The van der Waals surface area contributed by atoms with Crippen LogP contribution in [0, 0.1) is 6.92 Å². The number of aryl methyl sites for hydroxylation is 1. The molecular weight excluding hydrogens is 392 g/mol. The summed E-state index contributed by atoms with van der Waals surface area (Å²) in [5.41, 5.74) is 1.06. The molecule has 0 spiro atoms. The first-order chi connectivity index (χ1) is 9.45. The highest BCUT2D eigenvalue weighted by molar-refractivity contribution is 9.11. The minimum Gasteiger partial charge on any atom is -0.481 e. The molecule has 1 aromatic rings. The molecule has 0 radical (unpaired) electrons. The van der Waals surface area contributed by atoms with Crippen LogP contribution in [0.25, 0.3) is 0 Å². The van der Waals surface area contributed by atoms with E-state index in [4.69, 9.17) is 4.74 Å². The van der Waals surface area contributed by atoms with Gasteiger partial charge in [0.2, 0.25) is 0 Å². The third kappa shape index (κ3) is 4.49. The molecule has 0 atom stereocenters. The van der Waals surface area contributed by atoms with Crippen LogP contribution in [0.2, 0.25) is 0 Å². The SMILES string of the molecule is Cc1cc(Br)c(OCC(=O)NC(=O)NC2CC2)c(Br)c1. The lowest BCUT2D eigenvalue weighted by molar-refractivity contribution is -0.122. The van der Waals surface area contributed by atoms with Gasteiger partial charge in [0, 0.05) is 6.04 Å². The molecule has 3 amide bonds. The summed E-state index contributed by atoms with van der Waals surface area (Å²) in [6.45, 7) is 1.73. The Bertz CT molecular complexity index is 521. The van der Waals surface area contributed by atoms with E-state index in [1.165, 1.54) is 0 Å². The molecule has 7 heteroatoms. The normalized spacial score (nSPS) is 13.8. The monoisotopic (exact) mass is 404 g/mol. The van der Waals surface area contributed by atoms with Crippen molar-refractivity contribution in [1.29, 1.82) is 0 Å². The number of rotatable bonds is 4. The molecule has 0 aromatic heterocycles. The topological polar surface area (TPSA) is 67.4 Å². The van der Waals surface area contributed by atoms with Crippen LogP contribution in [0.1, 0.15) is 18.4 Å². The average molecular weight is 406 g/mol. The Morgan fingerprint density at radius 3 is 2.45 bits per heavy atom. The molecule has 1 saturated carbocycles. The van der Waals surface area contributed by atoms with Gasteiger partial charge in [-0.05, 0) is 69.3 Å². The number of ether oxygens (including phenoxy) is 1. The van der Waals surface area contributed by atoms with E-state index in [-0.39, 0.29) is 12.6 Å². The first-order valence-electron chi connectivity index (χ1n) is 6.14. The molecule has 1 aromatic carbocycles. The van der Waals surface area contributed by atoms with Crippen LogP contribution in [-0.4, -0.2) is 24.6 Å². The van der Waals surface area contributed by atoms with Gasteiger partial charge >= 0.3 is 6.03 Å². The summed E-state index contributed by atoms with van der Waals surface area (Å²) in [4.78, 5) is 23.0. The number of hydrogen-bond donors (Lipinski definition) is 2. The minimum absolute atomic E-state index is 0.212. The third-order valence-corrected chi connectivity index (χ3v) is 3.83. The van der Waals surface area contributed by atoms with Crippen LogP contribution in [0.4, 0.5) is 4.79 Å². The van der Waals surface area contributed by atoms with Gasteiger partial charge in [0.1, 0.15) is 5.75 Å². The molecule has 0 saturated heterocycles. The summed E-state index contributed by atoms with van der Waals surface area (Å²) in [7, 11) is 0. The predicted octanol–water partition coefficient (Wildman–Crippen LogP) is 2.89. The molecule has 2 N–H and O–H groups in total. The first kappa shape index (κ1) is 15.3. The summed E-state index contributed by atoms with van der Waals surface area (Å²) in [6.07, 6.45) is 1.95. The predicted molar refractivity (Wildman–Crippen MR) is 81.8 cm³/mol. The molecule has 1 aliphatic rings. The van der Waals surface area contributed by atoms with E-state index in [0.717, 1.165) is 27.4 Å². The van der Waals surface area contributed by atoms with E-state index in [9.17, 15) is 9.59 Å². The molecule has 2 rings (SSSR count). The summed E-state index contributed by atoms with van der Waals surface area (Å²) < 4.78 is 6.92. The summed E-state index contributed by atoms with van der Waals surface area (Å²) in [5, 5.41) is 4.90. The molecule has 1 fully saturated rings. The van der Waals surface area contributed by atoms with Crippen LogP contribution in [0.3, 0.4) is 0 Å². The number of carbonyl (C=O) groups is 2. The Morgan fingerprint density at radius 2 is 1.90 bits per heavy atom. The maximum absolute atomic E-state index is 11.6. The van der Waals surface area contributed by atoms with Crippen LogP contribution < -0.4 is 15.4 Å². The molecule has 5 nitrogen and oxygen atoms in total. The Labute approximate surface area is 133 Å². The zero-order chi connectivity index (χ0) is 14.7. The van der Waals surface area contributed by atoms with E-state index in [0.29, 0.717) is 5.75 Å². The molecule has 0 aliphatic heterocycles. The van der Waals surface area contributed by atoms with Gasteiger partial charge in [0.05, 0.1) is 8.95 Å². The number of carbonyl (C=O) groups excluding carboxylic acids is 2. The number of nitrogens with one attached hydrogen (secondary N) is 2. The van der Waals surface area contributed by atoms with Crippen molar-refractivity contribution in [2.75, 3.05) is 6.61 Å². The van der Waals surface area contributed by atoms with Crippen LogP contribution in [0.15, 0.2) is 21.1 Å². The van der Waals surface area contributed by atoms with Crippen LogP contribution in [-0.2, 0) is 4.79 Å². The minimum atomic E-state index is -0.484. The highest BCUT2D eigenvalue weighted by Gasteiger charge is 2.24. The zero-order valence-electron chi connectivity index (χ0n) is 10.8. The maximum atomic E-state index is 11.6. The van der Waals surface area contributed by atoms with Gasteiger partial charge in [0.25, 0.3) is 5.91 Å². The van der Waals surface area contributed by atoms with Crippen molar-refractivity contribution < 1.29 is 14.3 Å². The molecule has 0 bridgehead atoms. The van der Waals surface area contributed by atoms with Crippen molar-refractivity contribution in [3.05, 3.63) is 26.6 Å². The summed E-state index contributed by atoms with van der Waals surface area (Å²) >= 11 is 6.75. The molecule has 0 heterocycles. The molecular formula is C13H14Br2N2O3. The van der Waals surface area contributed by atoms with E-state index < -0.39 is 11.9 Å². The van der Waals surface area contributed by atoms with Gasteiger partial charge < -0.3 is 10.1 Å². The summed E-state index contributed by atoms with van der Waals surface area (Å²) in [6, 6.07) is 3.52. The zero-order valence-corrected chi connectivity index (χ0v) is 14.0. The number of urea groups is 1. The average Bonchev–Trinajstić information content (AvgIpc) is 3.10. The van der Waals surface area contributed by atoms with Crippen molar-refractivity contribution in [2.24, 2.45) is 0 Å². The first-order valence-corrected chi connectivity index (χ1v) is 7.73. The van der Waals surface area contributed by atoms with E-state index in [1.54, 1.807) is 0 Å². The largest absolute Gasteiger partial charge is 0.481 e. The highest BCUT2D eigenvalue weighted by Crippen LogP contribution is 2.34. The quantitative estimate of drug-likeness (QED) is 0.809. The molecule has 0 unspecified atom stereocenters. The van der Waals surface area contributed by atoms with Gasteiger partial charge in [-0.2, -0.15) is 0 Å². The number of amides is 3. The van der Waals surface area contributed by atoms with Gasteiger partial charge in [-0.25, -0.2) is 4.79 Å². The smallest absolute Gasteiger partial charge is 0.321 e. The Balaban J connectivity index is 1.85. The Hall–Kier alpha value is -1.08. The number of halogens is 2. The van der Waals surface area contributed by atoms with Gasteiger partial charge in [0.15, 0.2) is 6.61 Å². The third-order valence-electron chi connectivity index (χ3n) is 2.66. The van der Waals surface area contributed by atoms with Crippen molar-refractivity contribution in [1.82, 2.24) is 10.6 Å². The van der Waals surface area contributed by atoms with E-state index in [2.05, 4.69) is 42.5 Å². The lowest BCUT2D eigenvalue weighted by Gasteiger charge is -2.11. The van der Waals surface area contributed by atoms with Gasteiger partial charge in [-0.15, -0.1) is 0 Å². The maximum Gasteiger partial charge on any atom is 0.321 e. The van der Waals surface area contributed by atoms with Crippen molar-refractivity contribution in [3.8, 4) is 5.75 Å². The molecule has 20 heavy (non-hydrogen) atoms. The molecule has 1 aliphatic carbocycles. The Morgan fingerprint density at radius 1 is 1.30 bits per heavy atom. The van der Waals surface area contributed by atoms with E-state index >= 15 is 0 Å². The second kappa shape index (κ2) is 6.58. The fourth-order valence-electron chi connectivity index (χ4n) is 1.57. The Kier molecular flexibility index (Phi) is 5.04. The lowest BCUT2D eigenvalue weighted by Crippen LogP contribution is -2.42. The van der Waals surface area contributed by atoms with Crippen LogP contribution in [0.5, 0.6) is 5.75 Å². The van der Waals surface area contributed by atoms with Gasteiger partial charge in [-0.3, -0.25) is 10.1 Å². The van der Waals surface area contributed by atoms with Crippen LogP contribution >= 0.6 is 31.9 Å². The second-order valence-corrected chi connectivity index (χ2v) is 6.35. The van der Waals surface area contributed by atoms with E-state index in [1.807, 2.05) is 19.1 Å². The van der Waals surface area contributed by atoms with Crippen molar-refractivity contribution >= 4 is 43.8 Å². The lowest BCUT2D eigenvalue weighted by atomic mass is 10.2. The fourth-order valence-corrected chi connectivity index (χ4v) is 3.22. The number of benzene rings is 1. The standard InChI is InChI=1S/C13H14Br2N2O3/c1-7-4-9(14)12(10(15)5-7)20-6-11(18)17-13(19)16-8-2-3-8/h4-5,8H,2-3,6H2,1H3,(H2,16,17,18,19). The number of imide groups is 1. The van der Waals surface area contributed by atoms with Crippen molar-refractivity contribution in [2.45, 2.75) is 25.8 Å².